The summed E-state index contributed by atoms with van der Waals surface area (Å²) in [7, 11) is 0. The van der Waals surface area contributed by atoms with Crippen LogP contribution in [0.3, 0.4) is 0 Å². The minimum Gasteiger partial charge on any atom is -0.316 e. The first kappa shape index (κ1) is 11.9. The molecule has 0 saturated heterocycles. The topological polar surface area (TPSA) is 12.0 Å². The first-order valence-electron chi connectivity index (χ1n) is 6.19. The van der Waals surface area contributed by atoms with Gasteiger partial charge in [-0.15, -0.1) is 0 Å². The zero-order valence-corrected chi connectivity index (χ0v) is 10.7. The van der Waals surface area contributed by atoms with Crippen molar-refractivity contribution in [3.8, 4) is 0 Å². The summed E-state index contributed by atoms with van der Waals surface area (Å²) in [5, 5.41) is 4.40. The average Bonchev–Trinajstić information content (AvgIpc) is 2.99. The molecule has 0 unspecified atom stereocenters. The molecular weight excluding hydrogens is 218 g/mol. The Morgan fingerprint density at radius 1 is 1.38 bits per heavy atom. The molecule has 1 nitrogen and oxygen atoms in total. The highest BCUT2D eigenvalue weighted by atomic mass is 35.5. The first-order valence-corrected chi connectivity index (χ1v) is 6.57. The smallest absolute Gasteiger partial charge is 0.0408 e. The van der Waals surface area contributed by atoms with Crippen LogP contribution in [0.5, 0.6) is 0 Å². The second-order valence-electron chi connectivity index (χ2n) is 4.98. The summed E-state index contributed by atoms with van der Waals surface area (Å²) in [6.07, 6.45) is 5.10. The third-order valence-electron chi connectivity index (χ3n) is 3.35. The predicted molar refractivity (Wildman–Crippen MR) is 70.0 cm³/mol. The van der Waals surface area contributed by atoms with Crippen molar-refractivity contribution in [2.75, 3.05) is 13.1 Å². The summed E-state index contributed by atoms with van der Waals surface area (Å²) in [5.74, 6) is 0. The van der Waals surface area contributed by atoms with E-state index in [1.165, 1.54) is 31.2 Å². The van der Waals surface area contributed by atoms with Gasteiger partial charge < -0.3 is 5.32 Å². The minimum absolute atomic E-state index is 0.528. The molecule has 0 spiro atoms. The third kappa shape index (κ3) is 3.23. The number of benzene rings is 1. The first-order chi connectivity index (χ1) is 7.74. The lowest BCUT2D eigenvalue weighted by Crippen LogP contribution is -2.26. The fourth-order valence-electron chi connectivity index (χ4n) is 2.20. The summed E-state index contributed by atoms with van der Waals surface area (Å²) in [6, 6.07) is 8.28. The summed E-state index contributed by atoms with van der Waals surface area (Å²) in [4.78, 5) is 0. The van der Waals surface area contributed by atoms with Gasteiger partial charge in [-0.3, -0.25) is 0 Å². The Balaban J connectivity index is 1.89. The van der Waals surface area contributed by atoms with Crippen LogP contribution in [-0.2, 0) is 6.42 Å². The van der Waals surface area contributed by atoms with E-state index in [-0.39, 0.29) is 0 Å². The van der Waals surface area contributed by atoms with Crippen LogP contribution >= 0.6 is 11.6 Å². The van der Waals surface area contributed by atoms with Crippen LogP contribution in [0.4, 0.5) is 0 Å². The van der Waals surface area contributed by atoms with Gasteiger partial charge in [-0.2, -0.15) is 0 Å². The molecule has 1 saturated carbocycles. The quantitative estimate of drug-likeness (QED) is 0.745. The summed E-state index contributed by atoms with van der Waals surface area (Å²) >= 11 is 6.01. The van der Waals surface area contributed by atoms with E-state index in [2.05, 4.69) is 24.4 Å². The number of nitrogens with one attached hydrogen (secondary N) is 1. The SMILES string of the molecule is CCCNCC1(Cc2cccc(Cl)c2)CC1. The van der Waals surface area contributed by atoms with Crippen LogP contribution in [0.15, 0.2) is 24.3 Å². The van der Waals surface area contributed by atoms with Crippen LogP contribution in [0.25, 0.3) is 0 Å². The van der Waals surface area contributed by atoms with Gasteiger partial charge in [0.05, 0.1) is 0 Å². The number of halogens is 1. The van der Waals surface area contributed by atoms with E-state index in [1.807, 2.05) is 12.1 Å². The van der Waals surface area contributed by atoms with Crippen molar-refractivity contribution in [3.05, 3.63) is 34.9 Å². The van der Waals surface area contributed by atoms with E-state index in [4.69, 9.17) is 11.6 Å². The molecule has 2 rings (SSSR count). The molecule has 1 aromatic rings. The van der Waals surface area contributed by atoms with Gasteiger partial charge in [0.15, 0.2) is 0 Å². The van der Waals surface area contributed by atoms with Crippen LogP contribution < -0.4 is 5.32 Å². The Morgan fingerprint density at radius 3 is 2.81 bits per heavy atom. The van der Waals surface area contributed by atoms with Gasteiger partial charge in [0.1, 0.15) is 0 Å². The Labute approximate surface area is 103 Å². The normalized spacial score (nSPS) is 17.4. The highest BCUT2D eigenvalue weighted by molar-refractivity contribution is 6.30. The standard InChI is InChI=1S/C14H20ClN/c1-2-8-16-11-14(6-7-14)10-12-4-3-5-13(15)9-12/h3-5,9,16H,2,6-8,10-11H2,1H3. The molecule has 0 radical (unpaired) electrons. The Kier molecular flexibility index (Phi) is 3.88. The van der Waals surface area contributed by atoms with Crippen molar-refractivity contribution in [2.24, 2.45) is 5.41 Å². The van der Waals surface area contributed by atoms with Crippen molar-refractivity contribution >= 4 is 11.6 Å². The average molecular weight is 238 g/mol. The fourth-order valence-corrected chi connectivity index (χ4v) is 2.42. The lowest BCUT2D eigenvalue weighted by atomic mass is 9.96. The number of hydrogen-bond acceptors (Lipinski definition) is 1. The Bertz CT molecular complexity index is 344. The van der Waals surface area contributed by atoms with Gasteiger partial charge in [-0.05, 0) is 55.3 Å². The van der Waals surface area contributed by atoms with Gasteiger partial charge in [0.25, 0.3) is 0 Å². The van der Waals surface area contributed by atoms with E-state index in [0.29, 0.717) is 5.41 Å². The molecule has 0 aliphatic heterocycles. The van der Waals surface area contributed by atoms with Crippen LogP contribution in [0.2, 0.25) is 5.02 Å². The Morgan fingerprint density at radius 2 is 2.19 bits per heavy atom. The molecule has 0 amide bonds. The summed E-state index contributed by atoms with van der Waals surface area (Å²) in [5.41, 5.74) is 1.91. The van der Waals surface area contributed by atoms with Crippen molar-refractivity contribution < 1.29 is 0 Å². The van der Waals surface area contributed by atoms with E-state index in [9.17, 15) is 0 Å². The molecule has 1 fully saturated rings. The monoisotopic (exact) mass is 237 g/mol. The molecule has 1 aromatic carbocycles. The lowest BCUT2D eigenvalue weighted by Gasteiger charge is -2.16. The molecule has 1 aliphatic carbocycles. The second-order valence-corrected chi connectivity index (χ2v) is 5.42. The molecule has 0 atom stereocenters. The lowest BCUT2D eigenvalue weighted by molar-refractivity contribution is 0.456. The molecule has 2 heteroatoms. The van der Waals surface area contributed by atoms with Gasteiger partial charge in [-0.1, -0.05) is 30.7 Å². The van der Waals surface area contributed by atoms with E-state index in [0.717, 1.165) is 18.1 Å². The van der Waals surface area contributed by atoms with E-state index in [1.54, 1.807) is 0 Å². The molecule has 88 valence electrons. The second kappa shape index (κ2) is 5.20. The van der Waals surface area contributed by atoms with Gasteiger partial charge in [-0.25, -0.2) is 0 Å². The molecule has 1 N–H and O–H groups in total. The third-order valence-corrected chi connectivity index (χ3v) is 3.59. The maximum Gasteiger partial charge on any atom is 0.0408 e. The number of hydrogen-bond donors (Lipinski definition) is 1. The minimum atomic E-state index is 0.528. The van der Waals surface area contributed by atoms with Crippen molar-refractivity contribution in [3.63, 3.8) is 0 Å². The molecule has 0 heterocycles. The van der Waals surface area contributed by atoms with Gasteiger partial charge >= 0.3 is 0 Å². The fraction of sp³-hybridized carbons (Fsp3) is 0.571. The zero-order valence-electron chi connectivity index (χ0n) is 9.93. The van der Waals surface area contributed by atoms with Crippen LogP contribution in [0.1, 0.15) is 31.7 Å². The molecule has 0 bridgehead atoms. The molecule has 1 aliphatic rings. The van der Waals surface area contributed by atoms with Gasteiger partial charge in [0.2, 0.25) is 0 Å². The molecular formula is C14H20ClN. The largest absolute Gasteiger partial charge is 0.316 e. The predicted octanol–water partition coefficient (Wildman–Crippen LogP) is 3.66. The maximum absolute atomic E-state index is 6.01. The zero-order chi connectivity index (χ0) is 11.4. The van der Waals surface area contributed by atoms with Crippen molar-refractivity contribution in [2.45, 2.75) is 32.6 Å². The molecule has 16 heavy (non-hydrogen) atoms. The highest BCUT2D eigenvalue weighted by Crippen LogP contribution is 2.47. The Hall–Kier alpha value is -0.530. The van der Waals surface area contributed by atoms with Gasteiger partial charge in [0, 0.05) is 11.6 Å². The van der Waals surface area contributed by atoms with Crippen LogP contribution in [-0.4, -0.2) is 13.1 Å². The van der Waals surface area contributed by atoms with Crippen LogP contribution in [0, 0.1) is 5.41 Å². The summed E-state index contributed by atoms with van der Waals surface area (Å²) < 4.78 is 0. The van der Waals surface area contributed by atoms with E-state index >= 15 is 0 Å². The number of rotatable bonds is 6. The van der Waals surface area contributed by atoms with Crippen molar-refractivity contribution in [1.82, 2.24) is 5.32 Å². The molecule has 0 aromatic heterocycles. The highest BCUT2D eigenvalue weighted by Gasteiger charge is 2.41. The van der Waals surface area contributed by atoms with E-state index < -0.39 is 0 Å². The summed E-state index contributed by atoms with van der Waals surface area (Å²) in [6.45, 7) is 4.51. The maximum atomic E-state index is 6.01. The van der Waals surface area contributed by atoms with Crippen molar-refractivity contribution in [1.29, 1.82) is 0 Å².